The van der Waals surface area contributed by atoms with E-state index in [-0.39, 0.29) is 11.2 Å². The van der Waals surface area contributed by atoms with Crippen molar-refractivity contribution in [3.05, 3.63) is 25.1 Å². The summed E-state index contributed by atoms with van der Waals surface area (Å²) in [5.74, 6) is 0.956. The molecule has 2 rings (SSSR count). The molecule has 106 valence electrons. The van der Waals surface area contributed by atoms with Gasteiger partial charge in [-0.15, -0.1) is 0 Å². The molecule has 4 nitrogen and oxygen atoms in total. The molecule has 5 heteroatoms. The van der Waals surface area contributed by atoms with Crippen LogP contribution >= 0.6 is 0 Å². The standard InChI is InChI=1S/C14H21NO3S/c1-3-15-8-5-13-11-12(2)14(13,7-9-15)6-4-10-19(16,17)18/h3,5,8-9,12-13H,1,4,6-7,10-11H2,2H3/p+1. The summed E-state index contributed by atoms with van der Waals surface area (Å²) in [6.07, 6.45) is 11.6. The Labute approximate surface area is 115 Å². The maximum Gasteiger partial charge on any atom is 0.264 e. The number of fused-ring (bicyclic) bond motifs is 1. The van der Waals surface area contributed by atoms with Crippen molar-refractivity contribution >= 4 is 16.3 Å². The van der Waals surface area contributed by atoms with Gasteiger partial charge in [-0.25, -0.2) is 0 Å². The molecule has 0 spiro atoms. The van der Waals surface area contributed by atoms with Crippen LogP contribution in [-0.4, -0.2) is 29.5 Å². The fraction of sp³-hybridized carbons (Fsp3) is 0.643. The number of rotatable bonds is 5. The molecule has 1 N–H and O–H groups in total. The topological polar surface area (TPSA) is 57.4 Å². The van der Waals surface area contributed by atoms with Gasteiger partial charge < -0.3 is 0 Å². The molecule has 0 aromatic rings. The first-order valence-corrected chi connectivity index (χ1v) is 8.35. The zero-order valence-corrected chi connectivity index (χ0v) is 12.1. The second kappa shape index (κ2) is 5.21. The molecule has 19 heavy (non-hydrogen) atoms. The van der Waals surface area contributed by atoms with Gasteiger partial charge in [0.15, 0.2) is 18.6 Å². The van der Waals surface area contributed by atoms with Gasteiger partial charge in [-0.05, 0) is 49.2 Å². The highest BCUT2D eigenvalue weighted by Crippen LogP contribution is 2.57. The fourth-order valence-electron chi connectivity index (χ4n) is 3.47. The average molecular weight is 284 g/mol. The zero-order chi connectivity index (χ0) is 14.1. The lowest BCUT2D eigenvalue weighted by atomic mass is 9.50. The highest BCUT2D eigenvalue weighted by Gasteiger charge is 2.51. The minimum atomic E-state index is -3.84. The van der Waals surface area contributed by atoms with Crippen LogP contribution in [0.5, 0.6) is 0 Å². The summed E-state index contributed by atoms with van der Waals surface area (Å²) >= 11 is 0. The van der Waals surface area contributed by atoms with Gasteiger partial charge in [0.25, 0.3) is 10.1 Å². The fourth-order valence-corrected chi connectivity index (χ4v) is 3.98. The van der Waals surface area contributed by atoms with E-state index in [1.54, 1.807) is 6.20 Å². The predicted octanol–water partition coefficient (Wildman–Crippen LogP) is 2.44. The quantitative estimate of drug-likeness (QED) is 0.623. The van der Waals surface area contributed by atoms with Crippen molar-refractivity contribution in [2.45, 2.75) is 32.6 Å². The molecule has 0 aromatic heterocycles. The third-order valence-corrected chi connectivity index (χ3v) is 5.56. The van der Waals surface area contributed by atoms with E-state index in [9.17, 15) is 8.42 Å². The van der Waals surface area contributed by atoms with Gasteiger partial charge in [-0.3, -0.25) is 4.55 Å². The van der Waals surface area contributed by atoms with Crippen LogP contribution in [0.1, 0.15) is 32.6 Å². The van der Waals surface area contributed by atoms with Crippen molar-refractivity contribution in [2.75, 3.05) is 5.75 Å². The maximum atomic E-state index is 10.8. The lowest BCUT2D eigenvalue weighted by Gasteiger charge is -2.53. The summed E-state index contributed by atoms with van der Waals surface area (Å²) in [7, 11) is -3.84. The molecule has 3 unspecified atom stereocenters. The SMILES string of the molecule is C=C[N+]1=CCC2(CCCS(=O)(=O)O)C(C)CC2C=C1. The molecule has 2 aliphatic rings. The van der Waals surface area contributed by atoms with Crippen LogP contribution in [0.25, 0.3) is 0 Å². The highest BCUT2D eigenvalue weighted by molar-refractivity contribution is 7.85. The van der Waals surface area contributed by atoms with Crippen molar-refractivity contribution in [2.24, 2.45) is 17.3 Å². The first-order chi connectivity index (χ1) is 8.87. The van der Waals surface area contributed by atoms with E-state index in [1.807, 2.05) is 10.8 Å². The van der Waals surface area contributed by atoms with E-state index >= 15 is 0 Å². The summed E-state index contributed by atoms with van der Waals surface area (Å²) < 4.78 is 32.5. The zero-order valence-electron chi connectivity index (χ0n) is 11.3. The molecule has 0 amide bonds. The molecular formula is C14H22NO3S+. The minimum Gasteiger partial charge on any atom is -0.286 e. The van der Waals surface area contributed by atoms with Gasteiger partial charge in [0.05, 0.1) is 5.75 Å². The van der Waals surface area contributed by atoms with E-state index in [2.05, 4.69) is 25.8 Å². The number of nitrogens with zero attached hydrogens (tertiary/aromatic N) is 1. The Morgan fingerprint density at radius 1 is 1.58 bits per heavy atom. The van der Waals surface area contributed by atoms with E-state index in [0.717, 1.165) is 19.3 Å². The lowest BCUT2D eigenvalue weighted by Crippen LogP contribution is -2.47. The monoisotopic (exact) mass is 284 g/mol. The van der Waals surface area contributed by atoms with Gasteiger partial charge in [0.1, 0.15) is 0 Å². The van der Waals surface area contributed by atoms with Crippen molar-refractivity contribution < 1.29 is 17.5 Å². The molecule has 0 saturated heterocycles. The lowest BCUT2D eigenvalue weighted by molar-refractivity contribution is -0.373. The van der Waals surface area contributed by atoms with Crippen LogP contribution in [0.4, 0.5) is 0 Å². The first-order valence-electron chi connectivity index (χ1n) is 6.74. The molecule has 3 atom stereocenters. The molecule has 1 aliphatic heterocycles. The van der Waals surface area contributed by atoms with Crippen molar-refractivity contribution in [1.82, 2.24) is 0 Å². The second-order valence-corrected chi connectivity index (χ2v) is 7.30. The second-order valence-electron chi connectivity index (χ2n) is 5.72. The Balaban J connectivity index is 2.08. The summed E-state index contributed by atoms with van der Waals surface area (Å²) in [5, 5.41) is 0. The van der Waals surface area contributed by atoms with Crippen molar-refractivity contribution in [1.29, 1.82) is 0 Å². The third kappa shape index (κ3) is 2.98. The largest absolute Gasteiger partial charge is 0.286 e. The summed E-state index contributed by atoms with van der Waals surface area (Å²) in [4.78, 5) is 0. The summed E-state index contributed by atoms with van der Waals surface area (Å²) in [6, 6.07) is 0. The Morgan fingerprint density at radius 3 is 2.89 bits per heavy atom. The van der Waals surface area contributed by atoms with E-state index < -0.39 is 10.1 Å². The van der Waals surface area contributed by atoms with Crippen LogP contribution in [0.15, 0.2) is 25.1 Å². The van der Waals surface area contributed by atoms with Gasteiger partial charge in [-0.1, -0.05) is 6.92 Å². The Hall–Kier alpha value is -0.940. The van der Waals surface area contributed by atoms with Crippen LogP contribution in [0.3, 0.4) is 0 Å². The van der Waals surface area contributed by atoms with Gasteiger partial charge in [0, 0.05) is 6.42 Å². The summed E-state index contributed by atoms with van der Waals surface area (Å²) in [6.45, 7) is 6.00. The Bertz CT molecular complexity index is 521. The smallest absolute Gasteiger partial charge is 0.264 e. The molecule has 1 fully saturated rings. The third-order valence-electron chi connectivity index (χ3n) is 4.76. The Morgan fingerprint density at radius 2 is 2.32 bits per heavy atom. The number of hydrogen-bond donors (Lipinski definition) is 1. The van der Waals surface area contributed by atoms with Crippen LogP contribution < -0.4 is 0 Å². The Kier molecular flexibility index (Phi) is 3.97. The van der Waals surface area contributed by atoms with Crippen LogP contribution in [0.2, 0.25) is 0 Å². The van der Waals surface area contributed by atoms with E-state index in [0.29, 0.717) is 18.3 Å². The molecule has 1 saturated carbocycles. The van der Waals surface area contributed by atoms with Crippen molar-refractivity contribution in [3.63, 3.8) is 0 Å². The minimum absolute atomic E-state index is 0.136. The number of hydrogen-bond acceptors (Lipinski definition) is 2. The first kappa shape index (κ1) is 14.5. The highest BCUT2D eigenvalue weighted by atomic mass is 32.2. The van der Waals surface area contributed by atoms with Gasteiger partial charge in [0.2, 0.25) is 0 Å². The molecule has 1 aliphatic carbocycles. The van der Waals surface area contributed by atoms with Crippen LogP contribution in [0, 0.1) is 17.3 Å². The molecular weight excluding hydrogens is 262 g/mol. The average Bonchev–Trinajstić information content (AvgIpc) is 2.46. The summed E-state index contributed by atoms with van der Waals surface area (Å²) in [5.41, 5.74) is 0.152. The van der Waals surface area contributed by atoms with Crippen LogP contribution in [-0.2, 0) is 10.1 Å². The normalized spacial score (nSPS) is 33.9. The van der Waals surface area contributed by atoms with Gasteiger partial charge in [-0.2, -0.15) is 13.0 Å². The van der Waals surface area contributed by atoms with E-state index in [4.69, 9.17) is 4.55 Å². The van der Waals surface area contributed by atoms with E-state index in [1.165, 1.54) is 0 Å². The molecule has 1 heterocycles. The molecule has 0 radical (unpaired) electrons. The number of allylic oxidation sites excluding steroid dienone is 1. The van der Waals surface area contributed by atoms with Crippen molar-refractivity contribution in [3.8, 4) is 0 Å². The van der Waals surface area contributed by atoms with Gasteiger partial charge >= 0.3 is 0 Å². The molecule has 0 aromatic carbocycles. The predicted molar refractivity (Wildman–Crippen MR) is 75.6 cm³/mol. The maximum absolute atomic E-state index is 10.8. The molecule has 0 bridgehead atoms.